The molecular weight excluding hydrogens is 411 g/mol. The van der Waals surface area contributed by atoms with Gasteiger partial charge in [-0.25, -0.2) is 0 Å². The van der Waals surface area contributed by atoms with Gasteiger partial charge >= 0.3 is 6.18 Å². The van der Waals surface area contributed by atoms with Crippen LogP contribution in [0.5, 0.6) is 0 Å². The van der Waals surface area contributed by atoms with Crippen LogP contribution in [-0.2, 0) is 4.79 Å². The van der Waals surface area contributed by atoms with Crippen molar-refractivity contribution in [1.29, 1.82) is 0 Å². The molecule has 0 N–H and O–H groups in total. The molecule has 0 spiro atoms. The molecule has 0 unspecified atom stereocenters. The first kappa shape index (κ1) is 22.1. The van der Waals surface area contributed by atoms with Crippen molar-refractivity contribution >= 4 is 35.0 Å². The van der Waals surface area contributed by atoms with Crippen LogP contribution in [0.3, 0.4) is 0 Å². The number of aromatic carboxylic acids is 1. The first-order valence-electron chi connectivity index (χ1n) is 9.54. The highest BCUT2D eigenvalue weighted by Gasteiger charge is 2.46. The first-order valence-corrected chi connectivity index (χ1v) is 9.54. The molecule has 0 aromatic heterocycles. The van der Waals surface area contributed by atoms with E-state index in [0.717, 1.165) is 37.0 Å². The molecule has 0 saturated carbocycles. The summed E-state index contributed by atoms with van der Waals surface area (Å²) < 4.78 is 40.7. The second kappa shape index (κ2) is 8.63. The van der Waals surface area contributed by atoms with Crippen LogP contribution in [0.4, 0.5) is 24.5 Å². The van der Waals surface area contributed by atoms with Crippen molar-refractivity contribution in [1.82, 2.24) is 0 Å². The van der Waals surface area contributed by atoms with Crippen LogP contribution >= 0.6 is 0 Å². The zero-order valence-electron chi connectivity index (χ0n) is 16.8. The van der Waals surface area contributed by atoms with E-state index >= 15 is 0 Å². The molecule has 0 bridgehead atoms. The van der Waals surface area contributed by atoms with E-state index < -0.39 is 29.3 Å². The molecule has 6 nitrogen and oxygen atoms in total. The Morgan fingerprint density at radius 2 is 1.65 bits per heavy atom. The maximum Gasteiger partial charge on any atom is 0.435 e. The monoisotopic (exact) mass is 430 g/mol. The Kier molecular flexibility index (Phi) is 6.14. The van der Waals surface area contributed by atoms with Crippen molar-refractivity contribution in [2.75, 3.05) is 23.0 Å². The minimum Gasteiger partial charge on any atom is -0.545 e. The van der Waals surface area contributed by atoms with E-state index in [1.165, 1.54) is 12.1 Å². The number of hydrazone groups is 1. The fraction of sp³-hybridized carbons (Fsp3) is 0.227. The molecule has 0 saturated heterocycles. The molecule has 0 atom stereocenters. The minimum absolute atomic E-state index is 0.0111. The van der Waals surface area contributed by atoms with Crippen molar-refractivity contribution < 1.29 is 27.9 Å². The van der Waals surface area contributed by atoms with Gasteiger partial charge in [0.2, 0.25) is 0 Å². The molecule has 1 aliphatic heterocycles. The standard InChI is InChI=1S/C22H20F3N3O3/c1-3-27(4-2)16-9-5-14(6-10-16)13-18-19(22(23,24)25)26-28(20(18)29)17-11-7-15(8-12-17)21(30)31/h5-13H,3-4H2,1-2H3,(H,30,31)/p-1/b18-13-. The highest BCUT2D eigenvalue weighted by atomic mass is 19.4. The number of benzene rings is 2. The minimum atomic E-state index is -4.84. The second-order valence-electron chi connectivity index (χ2n) is 6.72. The highest BCUT2D eigenvalue weighted by molar-refractivity contribution is 6.34. The largest absolute Gasteiger partial charge is 0.545 e. The number of carbonyl (C=O) groups is 2. The van der Waals surface area contributed by atoms with Crippen LogP contribution in [0.2, 0.25) is 0 Å². The van der Waals surface area contributed by atoms with Gasteiger partial charge in [0.05, 0.1) is 17.2 Å². The Bertz CT molecular complexity index is 1040. The van der Waals surface area contributed by atoms with E-state index in [9.17, 15) is 27.9 Å². The van der Waals surface area contributed by atoms with E-state index in [0.29, 0.717) is 10.6 Å². The summed E-state index contributed by atoms with van der Waals surface area (Å²) in [6.45, 7) is 5.56. The molecule has 162 valence electrons. The van der Waals surface area contributed by atoms with Gasteiger partial charge in [-0.3, -0.25) is 4.79 Å². The van der Waals surface area contributed by atoms with Crippen molar-refractivity contribution in [3.05, 3.63) is 65.2 Å². The van der Waals surface area contributed by atoms with Gasteiger partial charge in [0.15, 0.2) is 5.71 Å². The van der Waals surface area contributed by atoms with E-state index in [-0.39, 0.29) is 11.3 Å². The molecule has 0 radical (unpaired) electrons. The molecule has 1 amide bonds. The topological polar surface area (TPSA) is 76.0 Å². The summed E-state index contributed by atoms with van der Waals surface area (Å²) in [5, 5.41) is 14.9. The number of carboxylic acids is 1. The lowest BCUT2D eigenvalue weighted by atomic mass is 10.1. The number of alkyl halides is 3. The molecule has 0 aliphatic carbocycles. The van der Waals surface area contributed by atoms with Gasteiger partial charge in [0.25, 0.3) is 5.91 Å². The summed E-state index contributed by atoms with van der Waals surface area (Å²) in [5.74, 6) is -2.39. The SMILES string of the molecule is CCN(CC)c1ccc(/C=C2\C(=O)N(c3ccc(C(=O)[O-])cc3)N=C2C(F)(F)F)cc1. The number of nitrogens with zero attached hydrogens (tertiary/aromatic N) is 3. The summed E-state index contributed by atoms with van der Waals surface area (Å²) in [4.78, 5) is 25.7. The lowest BCUT2D eigenvalue weighted by Crippen LogP contribution is -2.25. The van der Waals surface area contributed by atoms with Crippen LogP contribution in [0.25, 0.3) is 6.08 Å². The van der Waals surface area contributed by atoms with Gasteiger partial charge in [-0.15, -0.1) is 0 Å². The normalized spacial score (nSPS) is 15.4. The van der Waals surface area contributed by atoms with Gasteiger partial charge in [0, 0.05) is 18.8 Å². The van der Waals surface area contributed by atoms with Crippen LogP contribution in [0, 0.1) is 0 Å². The van der Waals surface area contributed by atoms with Crippen molar-refractivity contribution in [3.63, 3.8) is 0 Å². The fourth-order valence-corrected chi connectivity index (χ4v) is 3.20. The Hall–Kier alpha value is -3.62. The Balaban J connectivity index is 1.97. The maximum absolute atomic E-state index is 13.6. The molecule has 9 heteroatoms. The average Bonchev–Trinajstić information content (AvgIpc) is 3.07. The summed E-state index contributed by atoms with van der Waals surface area (Å²) in [7, 11) is 0. The van der Waals surface area contributed by atoms with Gasteiger partial charge < -0.3 is 14.8 Å². The lowest BCUT2D eigenvalue weighted by molar-refractivity contribution is -0.255. The number of carboxylic acid groups (broad SMARTS) is 1. The van der Waals surface area contributed by atoms with Crippen LogP contribution in [0.1, 0.15) is 29.8 Å². The smallest absolute Gasteiger partial charge is 0.435 e. The number of carbonyl (C=O) groups excluding carboxylic acids is 2. The molecule has 3 rings (SSSR count). The molecule has 1 aliphatic rings. The highest BCUT2D eigenvalue weighted by Crippen LogP contribution is 2.33. The van der Waals surface area contributed by atoms with Crippen LogP contribution in [-0.4, -0.2) is 36.9 Å². The van der Waals surface area contributed by atoms with Gasteiger partial charge in [-0.1, -0.05) is 24.3 Å². The third kappa shape index (κ3) is 4.60. The van der Waals surface area contributed by atoms with Gasteiger partial charge in [-0.2, -0.15) is 23.3 Å². The molecular formula is C22H19F3N3O3-. The molecule has 31 heavy (non-hydrogen) atoms. The average molecular weight is 430 g/mol. The number of hydrogen-bond acceptors (Lipinski definition) is 5. The molecule has 1 heterocycles. The zero-order valence-corrected chi connectivity index (χ0v) is 16.8. The van der Waals surface area contributed by atoms with Gasteiger partial charge in [0.1, 0.15) is 0 Å². The quantitative estimate of drug-likeness (QED) is 0.660. The predicted octanol–water partition coefficient (Wildman–Crippen LogP) is 3.24. The number of hydrogen-bond donors (Lipinski definition) is 0. The maximum atomic E-state index is 13.6. The number of halogens is 3. The Morgan fingerprint density at radius 1 is 1.06 bits per heavy atom. The predicted molar refractivity (Wildman–Crippen MR) is 110 cm³/mol. The second-order valence-corrected chi connectivity index (χ2v) is 6.72. The van der Waals surface area contributed by atoms with E-state index in [1.54, 1.807) is 24.3 Å². The van der Waals surface area contributed by atoms with E-state index in [4.69, 9.17) is 0 Å². The van der Waals surface area contributed by atoms with Gasteiger partial charge in [-0.05, 0) is 55.3 Å². The zero-order chi connectivity index (χ0) is 22.8. The van der Waals surface area contributed by atoms with Crippen LogP contribution in [0.15, 0.2) is 59.2 Å². The third-order valence-electron chi connectivity index (χ3n) is 4.83. The Morgan fingerprint density at radius 3 is 2.13 bits per heavy atom. The molecule has 0 fully saturated rings. The van der Waals surface area contributed by atoms with Crippen molar-refractivity contribution in [3.8, 4) is 0 Å². The van der Waals surface area contributed by atoms with E-state index in [1.807, 2.05) is 13.8 Å². The number of anilines is 2. The number of amides is 1. The van der Waals surface area contributed by atoms with Crippen molar-refractivity contribution in [2.24, 2.45) is 5.10 Å². The lowest BCUT2D eigenvalue weighted by Gasteiger charge is -2.20. The summed E-state index contributed by atoms with van der Waals surface area (Å²) in [5.41, 5.74) is -0.715. The molecule has 2 aromatic carbocycles. The van der Waals surface area contributed by atoms with E-state index in [2.05, 4.69) is 10.0 Å². The van der Waals surface area contributed by atoms with Crippen molar-refractivity contribution in [2.45, 2.75) is 20.0 Å². The Labute approximate surface area is 176 Å². The third-order valence-corrected chi connectivity index (χ3v) is 4.83. The fourth-order valence-electron chi connectivity index (χ4n) is 3.20. The number of rotatable bonds is 6. The molecule has 2 aromatic rings. The summed E-state index contributed by atoms with van der Waals surface area (Å²) in [6.07, 6.45) is -3.70. The first-order chi connectivity index (χ1) is 14.7. The summed E-state index contributed by atoms with van der Waals surface area (Å²) >= 11 is 0. The summed E-state index contributed by atoms with van der Waals surface area (Å²) in [6, 6.07) is 11.5. The van der Waals surface area contributed by atoms with Crippen LogP contribution < -0.4 is 15.0 Å².